The predicted octanol–water partition coefficient (Wildman–Crippen LogP) is 4.18. The molecule has 1 atom stereocenters. The molecule has 0 unspecified atom stereocenters. The molecule has 2 heterocycles. The Kier molecular flexibility index (Phi) is 4.18. The fourth-order valence-corrected chi connectivity index (χ4v) is 6.45. The predicted molar refractivity (Wildman–Crippen MR) is 84.3 cm³/mol. The number of benzene rings is 1. The summed E-state index contributed by atoms with van der Waals surface area (Å²) >= 11 is 4.46. The quantitative estimate of drug-likeness (QED) is 0.789. The Labute approximate surface area is 135 Å². The summed E-state index contributed by atoms with van der Waals surface area (Å²) in [4.78, 5) is 0. The Bertz CT molecular complexity index is 760. The molecule has 0 spiro atoms. The number of hydrogen-bond donors (Lipinski definition) is 0. The first-order chi connectivity index (χ1) is 10.00. The Hall–Kier alpha value is -0.760. The SMILES string of the molecule is O=S(=O)(c1ccc(Br)s1)N1CCC[C@H]1c1ccccc1F. The van der Waals surface area contributed by atoms with Crippen LogP contribution in [0.25, 0.3) is 0 Å². The van der Waals surface area contributed by atoms with Gasteiger partial charge >= 0.3 is 0 Å². The van der Waals surface area contributed by atoms with Gasteiger partial charge in [0.2, 0.25) is 0 Å². The maximum absolute atomic E-state index is 14.0. The van der Waals surface area contributed by atoms with Crippen LogP contribution in [-0.4, -0.2) is 19.3 Å². The van der Waals surface area contributed by atoms with Crippen molar-refractivity contribution in [2.45, 2.75) is 23.1 Å². The molecule has 0 saturated carbocycles. The molecular formula is C14H13BrFNO2S2. The molecule has 21 heavy (non-hydrogen) atoms. The summed E-state index contributed by atoms with van der Waals surface area (Å²) < 4.78 is 41.9. The van der Waals surface area contributed by atoms with Crippen molar-refractivity contribution in [3.8, 4) is 0 Å². The molecule has 0 aliphatic carbocycles. The molecule has 1 aromatic heterocycles. The van der Waals surface area contributed by atoms with E-state index in [9.17, 15) is 12.8 Å². The van der Waals surface area contributed by atoms with Crippen molar-refractivity contribution in [2.24, 2.45) is 0 Å². The Morgan fingerprint density at radius 1 is 1.24 bits per heavy atom. The van der Waals surface area contributed by atoms with Crippen molar-refractivity contribution in [3.63, 3.8) is 0 Å². The number of rotatable bonds is 3. The fraction of sp³-hybridized carbons (Fsp3) is 0.286. The summed E-state index contributed by atoms with van der Waals surface area (Å²) in [5.41, 5.74) is 0.453. The number of thiophene rings is 1. The van der Waals surface area contributed by atoms with Gasteiger partial charge in [0.1, 0.15) is 10.0 Å². The summed E-state index contributed by atoms with van der Waals surface area (Å²) in [5, 5.41) is 0. The van der Waals surface area contributed by atoms with E-state index in [4.69, 9.17) is 0 Å². The van der Waals surface area contributed by atoms with Crippen LogP contribution in [0.4, 0.5) is 4.39 Å². The number of halogens is 2. The lowest BCUT2D eigenvalue weighted by Crippen LogP contribution is -2.30. The van der Waals surface area contributed by atoms with Crippen molar-refractivity contribution in [1.82, 2.24) is 4.31 Å². The first-order valence-corrected chi connectivity index (χ1v) is 9.57. The molecule has 0 radical (unpaired) electrons. The van der Waals surface area contributed by atoms with Crippen LogP contribution in [0.3, 0.4) is 0 Å². The third-order valence-corrected chi connectivity index (χ3v) is 7.58. The Balaban J connectivity index is 2.00. The van der Waals surface area contributed by atoms with Gasteiger partial charge in [-0.3, -0.25) is 0 Å². The molecule has 0 N–H and O–H groups in total. The van der Waals surface area contributed by atoms with E-state index in [0.29, 0.717) is 18.5 Å². The van der Waals surface area contributed by atoms with Gasteiger partial charge in [0.05, 0.1) is 9.83 Å². The minimum absolute atomic E-state index is 0.289. The molecule has 1 saturated heterocycles. The maximum Gasteiger partial charge on any atom is 0.253 e. The van der Waals surface area contributed by atoms with E-state index in [1.54, 1.807) is 30.3 Å². The molecule has 7 heteroatoms. The second kappa shape index (κ2) is 5.79. The van der Waals surface area contributed by atoms with E-state index < -0.39 is 16.1 Å². The lowest BCUT2D eigenvalue weighted by atomic mass is 10.1. The summed E-state index contributed by atoms with van der Waals surface area (Å²) in [7, 11) is -3.58. The van der Waals surface area contributed by atoms with Gasteiger partial charge < -0.3 is 0 Å². The second-order valence-electron chi connectivity index (χ2n) is 4.85. The molecule has 2 aromatic rings. The Morgan fingerprint density at radius 3 is 2.67 bits per heavy atom. The highest BCUT2D eigenvalue weighted by atomic mass is 79.9. The van der Waals surface area contributed by atoms with Crippen molar-refractivity contribution in [3.05, 3.63) is 51.6 Å². The van der Waals surface area contributed by atoms with Crippen LogP contribution in [0.2, 0.25) is 0 Å². The van der Waals surface area contributed by atoms with E-state index >= 15 is 0 Å². The molecule has 3 nitrogen and oxygen atoms in total. The van der Waals surface area contributed by atoms with E-state index in [1.807, 2.05) is 0 Å². The zero-order valence-electron chi connectivity index (χ0n) is 11.0. The normalized spacial score (nSPS) is 20.0. The van der Waals surface area contributed by atoms with E-state index in [0.717, 1.165) is 10.2 Å². The first kappa shape index (κ1) is 15.1. The van der Waals surface area contributed by atoms with Crippen molar-refractivity contribution in [2.75, 3.05) is 6.54 Å². The third kappa shape index (κ3) is 2.79. The summed E-state index contributed by atoms with van der Waals surface area (Å²) in [6.07, 6.45) is 1.39. The van der Waals surface area contributed by atoms with Crippen molar-refractivity contribution in [1.29, 1.82) is 0 Å². The zero-order chi connectivity index (χ0) is 15.0. The van der Waals surface area contributed by atoms with Crippen LogP contribution >= 0.6 is 27.3 Å². The van der Waals surface area contributed by atoms with E-state index in [-0.39, 0.29) is 10.0 Å². The van der Waals surface area contributed by atoms with Gasteiger partial charge in [-0.2, -0.15) is 4.31 Å². The van der Waals surface area contributed by atoms with Crippen LogP contribution in [0.5, 0.6) is 0 Å². The monoisotopic (exact) mass is 389 g/mol. The summed E-state index contributed by atoms with van der Waals surface area (Å²) in [5.74, 6) is -0.350. The van der Waals surface area contributed by atoms with Crippen LogP contribution < -0.4 is 0 Å². The molecule has 1 fully saturated rings. The topological polar surface area (TPSA) is 37.4 Å². The van der Waals surface area contributed by atoms with E-state index in [1.165, 1.54) is 21.7 Å². The molecule has 1 aliphatic heterocycles. The highest BCUT2D eigenvalue weighted by molar-refractivity contribution is 9.11. The number of nitrogens with zero attached hydrogens (tertiary/aromatic N) is 1. The Morgan fingerprint density at radius 2 is 2.00 bits per heavy atom. The first-order valence-electron chi connectivity index (χ1n) is 6.52. The second-order valence-corrected chi connectivity index (χ2v) is 9.43. The highest BCUT2D eigenvalue weighted by Crippen LogP contribution is 2.39. The maximum atomic E-state index is 14.0. The molecular weight excluding hydrogens is 377 g/mol. The fourth-order valence-electron chi connectivity index (χ4n) is 2.64. The minimum Gasteiger partial charge on any atom is -0.207 e. The molecule has 112 valence electrons. The van der Waals surface area contributed by atoms with Gasteiger partial charge in [-0.25, -0.2) is 12.8 Å². The van der Waals surface area contributed by atoms with Gasteiger partial charge in [0.25, 0.3) is 10.0 Å². The number of hydrogen-bond acceptors (Lipinski definition) is 3. The van der Waals surface area contributed by atoms with E-state index in [2.05, 4.69) is 15.9 Å². The number of sulfonamides is 1. The lowest BCUT2D eigenvalue weighted by molar-refractivity contribution is 0.387. The smallest absolute Gasteiger partial charge is 0.207 e. The van der Waals surface area contributed by atoms with Crippen molar-refractivity contribution >= 4 is 37.3 Å². The molecule has 3 rings (SSSR count). The van der Waals surface area contributed by atoms with Gasteiger partial charge in [-0.1, -0.05) is 18.2 Å². The summed E-state index contributed by atoms with van der Waals surface area (Å²) in [6.45, 7) is 0.427. The molecule has 0 bridgehead atoms. The summed E-state index contributed by atoms with van der Waals surface area (Å²) in [6, 6.07) is 9.27. The third-order valence-electron chi connectivity index (χ3n) is 3.58. The van der Waals surface area contributed by atoms with Crippen LogP contribution in [0.15, 0.2) is 44.4 Å². The average molecular weight is 390 g/mol. The van der Waals surface area contributed by atoms with Crippen LogP contribution in [0.1, 0.15) is 24.4 Å². The highest BCUT2D eigenvalue weighted by Gasteiger charge is 2.37. The van der Waals surface area contributed by atoms with Gasteiger partial charge in [-0.05, 0) is 47.0 Å². The van der Waals surface area contributed by atoms with Crippen LogP contribution in [0, 0.1) is 5.82 Å². The zero-order valence-corrected chi connectivity index (χ0v) is 14.2. The molecule has 1 aromatic carbocycles. The lowest BCUT2D eigenvalue weighted by Gasteiger charge is -2.24. The van der Waals surface area contributed by atoms with Crippen LogP contribution in [-0.2, 0) is 10.0 Å². The minimum atomic E-state index is -3.58. The van der Waals surface area contributed by atoms with Gasteiger partial charge in [0, 0.05) is 12.1 Å². The largest absolute Gasteiger partial charge is 0.253 e. The van der Waals surface area contributed by atoms with Gasteiger partial charge in [-0.15, -0.1) is 11.3 Å². The standard InChI is InChI=1S/C14H13BrFNO2S2/c15-13-7-8-14(20-13)21(18,19)17-9-3-6-12(17)10-4-1-2-5-11(10)16/h1-2,4-5,7-8,12H,3,6,9H2/t12-/m0/s1. The van der Waals surface area contributed by atoms with Gasteiger partial charge in [0.15, 0.2) is 0 Å². The van der Waals surface area contributed by atoms with Crippen molar-refractivity contribution < 1.29 is 12.8 Å². The average Bonchev–Trinajstić information content (AvgIpc) is 3.08. The molecule has 0 amide bonds. The molecule has 1 aliphatic rings.